The Morgan fingerprint density at radius 1 is 1.27 bits per heavy atom. The molecule has 8 heteroatoms. The summed E-state index contributed by atoms with van der Waals surface area (Å²) in [6, 6.07) is 1.78. The number of likely N-dealkylation sites (tertiary alicyclic amines) is 1. The molecule has 1 aliphatic rings. The summed E-state index contributed by atoms with van der Waals surface area (Å²) in [5.74, 6) is 2.07. The smallest absolute Gasteiger partial charge is 0.250 e. The highest BCUT2D eigenvalue weighted by molar-refractivity contribution is 5.79. The molecule has 4 rings (SSSR count). The standard InChI is InChI=1S/C18H20N4O4/c1-11-15(12(2)26-21-11)9-16(23)22-6-3-13(4-7-22)17-19-20-18(25-17)14-5-8-24-10-14/h5,8,10,13H,3-4,6-7,9H2,1-2H3. The number of amides is 1. The van der Waals surface area contributed by atoms with E-state index in [2.05, 4.69) is 15.4 Å². The van der Waals surface area contributed by atoms with Gasteiger partial charge in [0, 0.05) is 24.6 Å². The topological polar surface area (TPSA) is 98.4 Å². The normalized spacial score (nSPS) is 15.5. The molecule has 0 aromatic carbocycles. The van der Waals surface area contributed by atoms with Crippen LogP contribution in [0.2, 0.25) is 0 Å². The maximum atomic E-state index is 12.6. The van der Waals surface area contributed by atoms with Gasteiger partial charge in [0.25, 0.3) is 5.89 Å². The molecular weight excluding hydrogens is 336 g/mol. The first-order valence-electron chi connectivity index (χ1n) is 8.67. The summed E-state index contributed by atoms with van der Waals surface area (Å²) in [5.41, 5.74) is 2.44. The molecule has 1 saturated heterocycles. The monoisotopic (exact) mass is 356 g/mol. The maximum absolute atomic E-state index is 12.6. The molecule has 8 nitrogen and oxygen atoms in total. The Bertz CT molecular complexity index is 869. The van der Waals surface area contributed by atoms with Crippen LogP contribution in [-0.2, 0) is 11.2 Å². The SMILES string of the molecule is Cc1noc(C)c1CC(=O)N1CCC(c2nnc(-c3ccoc3)o2)CC1. The Morgan fingerprint density at radius 3 is 2.73 bits per heavy atom. The fourth-order valence-electron chi connectivity index (χ4n) is 3.30. The summed E-state index contributed by atoms with van der Waals surface area (Å²) < 4.78 is 16.0. The van der Waals surface area contributed by atoms with Crippen LogP contribution in [-0.4, -0.2) is 39.3 Å². The number of piperidine rings is 1. The summed E-state index contributed by atoms with van der Waals surface area (Å²) in [4.78, 5) is 14.5. The molecule has 136 valence electrons. The molecule has 0 spiro atoms. The molecule has 0 N–H and O–H groups in total. The predicted octanol–water partition coefficient (Wildman–Crippen LogP) is 2.88. The lowest BCUT2D eigenvalue weighted by atomic mass is 9.96. The van der Waals surface area contributed by atoms with Crippen molar-refractivity contribution in [3.8, 4) is 11.5 Å². The van der Waals surface area contributed by atoms with Crippen molar-refractivity contribution in [3.05, 3.63) is 41.5 Å². The van der Waals surface area contributed by atoms with Crippen LogP contribution in [0.3, 0.4) is 0 Å². The molecule has 1 aliphatic heterocycles. The zero-order valence-electron chi connectivity index (χ0n) is 14.8. The molecule has 26 heavy (non-hydrogen) atoms. The van der Waals surface area contributed by atoms with E-state index in [4.69, 9.17) is 13.4 Å². The Morgan fingerprint density at radius 2 is 2.08 bits per heavy atom. The van der Waals surface area contributed by atoms with Crippen molar-refractivity contribution in [2.75, 3.05) is 13.1 Å². The third kappa shape index (κ3) is 3.14. The molecule has 0 radical (unpaired) electrons. The van der Waals surface area contributed by atoms with E-state index in [1.807, 2.05) is 18.7 Å². The van der Waals surface area contributed by atoms with Gasteiger partial charge in [0.2, 0.25) is 11.8 Å². The van der Waals surface area contributed by atoms with Gasteiger partial charge in [0.05, 0.1) is 23.9 Å². The lowest BCUT2D eigenvalue weighted by molar-refractivity contribution is -0.131. The molecule has 0 atom stereocenters. The molecular formula is C18H20N4O4. The van der Waals surface area contributed by atoms with Gasteiger partial charge in [-0.25, -0.2) is 0 Å². The van der Waals surface area contributed by atoms with Gasteiger partial charge < -0.3 is 18.3 Å². The molecule has 3 aromatic heterocycles. The second-order valence-electron chi connectivity index (χ2n) is 6.59. The van der Waals surface area contributed by atoms with Gasteiger partial charge in [0.15, 0.2) is 0 Å². The van der Waals surface area contributed by atoms with Crippen LogP contribution in [0.25, 0.3) is 11.5 Å². The van der Waals surface area contributed by atoms with Crippen molar-refractivity contribution >= 4 is 5.91 Å². The van der Waals surface area contributed by atoms with Crippen molar-refractivity contribution in [2.24, 2.45) is 0 Å². The van der Waals surface area contributed by atoms with Gasteiger partial charge in [0.1, 0.15) is 12.0 Å². The lowest BCUT2D eigenvalue weighted by Crippen LogP contribution is -2.39. The molecule has 0 saturated carbocycles. The van der Waals surface area contributed by atoms with Crippen LogP contribution in [0, 0.1) is 13.8 Å². The fraction of sp³-hybridized carbons (Fsp3) is 0.444. The van der Waals surface area contributed by atoms with E-state index in [-0.39, 0.29) is 11.8 Å². The van der Waals surface area contributed by atoms with E-state index in [9.17, 15) is 4.79 Å². The third-order valence-electron chi connectivity index (χ3n) is 4.91. The summed E-state index contributed by atoms with van der Waals surface area (Å²) in [6.45, 7) is 5.05. The second kappa shape index (κ2) is 6.78. The van der Waals surface area contributed by atoms with Crippen LogP contribution in [0.4, 0.5) is 0 Å². The quantitative estimate of drug-likeness (QED) is 0.709. The fourth-order valence-corrected chi connectivity index (χ4v) is 3.30. The van der Waals surface area contributed by atoms with Crippen LogP contribution < -0.4 is 0 Å². The molecule has 3 aromatic rings. The minimum Gasteiger partial charge on any atom is -0.472 e. The molecule has 1 amide bonds. The number of hydrogen-bond donors (Lipinski definition) is 0. The zero-order valence-corrected chi connectivity index (χ0v) is 14.8. The highest BCUT2D eigenvalue weighted by Gasteiger charge is 2.28. The lowest BCUT2D eigenvalue weighted by Gasteiger charge is -2.30. The Hall–Kier alpha value is -2.90. The first-order valence-corrected chi connectivity index (χ1v) is 8.67. The van der Waals surface area contributed by atoms with Gasteiger partial charge in [-0.1, -0.05) is 5.16 Å². The number of nitrogens with zero attached hydrogens (tertiary/aromatic N) is 4. The summed E-state index contributed by atoms with van der Waals surface area (Å²) in [5, 5.41) is 12.2. The van der Waals surface area contributed by atoms with Crippen molar-refractivity contribution in [3.63, 3.8) is 0 Å². The van der Waals surface area contributed by atoms with Gasteiger partial charge >= 0.3 is 0 Å². The van der Waals surface area contributed by atoms with Crippen molar-refractivity contribution < 1.29 is 18.2 Å². The number of carbonyl (C=O) groups is 1. The van der Waals surface area contributed by atoms with Crippen molar-refractivity contribution in [1.29, 1.82) is 0 Å². The first-order chi connectivity index (χ1) is 12.6. The summed E-state index contributed by atoms with van der Waals surface area (Å²) >= 11 is 0. The average molecular weight is 356 g/mol. The Labute approximate surface area is 150 Å². The molecule has 1 fully saturated rings. The van der Waals surface area contributed by atoms with E-state index in [0.717, 1.165) is 29.7 Å². The van der Waals surface area contributed by atoms with E-state index >= 15 is 0 Å². The van der Waals surface area contributed by atoms with E-state index in [1.165, 1.54) is 0 Å². The molecule has 4 heterocycles. The first kappa shape index (κ1) is 16.6. The predicted molar refractivity (Wildman–Crippen MR) is 90.2 cm³/mol. The maximum Gasteiger partial charge on any atom is 0.250 e. The molecule has 0 bridgehead atoms. The number of rotatable bonds is 4. The summed E-state index contributed by atoms with van der Waals surface area (Å²) in [7, 11) is 0. The minimum absolute atomic E-state index is 0.0995. The summed E-state index contributed by atoms with van der Waals surface area (Å²) in [6.07, 6.45) is 5.09. The zero-order chi connectivity index (χ0) is 18.1. The Kier molecular flexibility index (Phi) is 4.32. The highest BCUT2D eigenvalue weighted by atomic mass is 16.5. The number of aryl methyl sites for hydroxylation is 2. The second-order valence-corrected chi connectivity index (χ2v) is 6.59. The largest absolute Gasteiger partial charge is 0.472 e. The van der Waals surface area contributed by atoms with Crippen LogP contribution >= 0.6 is 0 Å². The van der Waals surface area contributed by atoms with Crippen LogP contribution in [0.1, 0.15) is 41.7 Å². The molecule has 0 aliphatic carbocycles. The number of furan rings is 1. The van der Waals surface area contributed by atoms with Crippen LogP contribution in [0.15, 0.2) is 32.0 Å². The van der Waals surface area contributed by atoms with Gasteiger partial charge in [-0.2, -0.15) is 0 Å². The molecule has 0 unspecified atom stereocenters. The number of aromatic nitrogens is 3. The number of carbonyl (C=O) groups excluding carboxylic acids is 1. The van der Waals surface area contributed by atoms with Crippen molar-refractivity contribution in [2.45, 2.75) is 39.0 Å². The average Bonchev–Trinajstić information content (AvgIpc) is 3.39. The van der Waals surface area contributed by atoms with Gasteiger partial charge in [-0.3, -0.25) is 4.79 Å². The van der Waals surface area contributed by atoms with Gasteiger partial charge in [-0.15, -0.1) is 10.2 Å². The van der Waals surface area contributed by atoms with E-state index in [0.29, 0.717) is 37.1 Å². The number of hydrogen-bond acceptors (Lipinski definition) is 7. The minimum atomic E-state index is 0.0995. The highest BCUT2D eigenvalue weighted by Crippen LogP contribution is 2.29. The van der Waals surface area contributed by atoms with Crippen molar-refractivity contribution in [1.82, 2.24) is 20.3 Å². The van der Waals surface area contributed by atoms with E-state index in [1.54, 1.807) is 18.6 Å². The third-order valence-corrected chi connectivity index (χ3v) is 4.91. The van der Waals surface area contributed by atoms with E-state index < -0.39 is 0 Å². The van der Waals surface area contributed by atoms with Crippen LogP contribution in [0.5, 0.6) is 0 Å². The van der Waals surface area contributed by atoms with Gasteiger partial charge in [-0.05, 0) is 32.8 Å². The Balaban J connectivity index is 1.36.